The quantitative estimate of drug-likeness (QED) is 0.585. The summed E-state index contributed by atoms with van der Waals surface area (Å²) in [6.45, 7) is 2.11. The van der Waals surface area contributed by atoms with Crippen molar-refractivity contribution in [3.05, 3.63) is 59.1 Å². The fourth-order valence-corrected chi connectivity index (χ4v) is 5.12. The Morgan fingerprint density at radius 1 is 1.24 bits per heavy atom. The number of benzene rings is 1. The van der Waals surface area contributed by atoms with Crippen LogP contribution in [0.25, 0.3) is 0 Å². The first-order valence-electron chi connectivity index (χ1n) is 9.85. The lowest BCUT2D eigenvalue weighted by Gasteiger charge is -2.34. The van der Waals surface area contributed by atoms with Crippen LogP contribution >= 0.6 is 0 Å². The average molecular weight is 395 g/mol. The number of methoxy groups -OCH3 is 1. The molecule has 0 N–H and O–H groups in total. The molecule has 2 aromatic rings. The van der Waals surface area contributed by atoms with E-state index < -0.39 is 12.1 Å². The summed E-state index contributed by atoms with van der Waals surface area (Å²) < 4.78 is 27.7. The van der Waals surface area contributed by atoms with Gasteiger partial charge in [0.25, 0.3) is 0 Å². The third kappa shape index (κ3) is 2.61. The number of carbonyl (C=O) groups is 1. The van der Waals surface area contributed by atoms with E-state index >= 15 is 0 Å². The maximum absolute atomic E-state index is 12.5. The van der Waals surface area contributed by atoms with Gasteiger partial charge < -0.3 is 23.4 Å². The maximum atomic E-state index is 12.5. The van der Waals surface area contributed by atoms with Crippen LogP contribution in [0.2, 0.25) is 0 Å². The Morgan fingerprint density at radius 2 is 2.10 bits per heavy atom. The van der Waals surface area contributed by atoms with Gasteiger partial charge in [-0.3, -0.25) is 4.90 Å². The van der Waals surface area contributed by atoms with E-state index in [9.17, 15) is 4.79 Å². The lowest BCUT2D eigenvalue weighted by Crippen LogP contribution is -2.42. The van der Waals surface area contributed by atoms with Gasteiger partial charge in [0, 0.05) is 32.2 Å². The number of ether oxygens (including phenoxy) is 4. The summed E-state index contributed by atoms with van der Waals surface area (Å²) in [5.41, 5.74) is 4.28. The van der Waals surface area contributed by atoms with Crippen LogP contribution < -0.4 is 9.47 Å². The van der Waals surface area contributed by atoms with Crippen molar-refractivity contribution in [1.29, 1.82) is 0 Å². The first kappa shape index (κ1) is 17.1. The van der Waals surface area contributed by atoms with Crippen LogP contribution in [0.15, 0.2) is 46.8 Å². The minimum absolute atomic E-state index is 0.182. The highest BCUT2D eigenvalue weighted by Crippen LogP contribution is 2.50. The van der Waals surface area contributed by atoms with Crippen molar-refractivity contribution in [2.24, 2.45) is 0 Å². The summed E-state index contributed by atoms with van der Waals surface area (Å²) in [5.74, 6) is 1.51. The van der Waals surface area contributed by atoms with Crippen molar-refractivity contribution in [3.63, 3.8) is 0 Å². The van der Waals surface area contributed by atoms with Gasteiger partial charge in [-0.2, -0.15) is 0 Å². The zero-order valence-electron chi connectivity index (χ0n) is 16.0. The summed E-state index contributed by atoms with van der Waals surface area (Å²) >= 11 is 0. The summed E-state index contributed by atoms with van der Waals surface area (Å²) in [5, 5.41) is 0. The molecule has 1 aliphatic carbocycles. The minimum Gasteiger partial charge on any atom is -0.472 e. The Kier molecular flexibility index (Phi) is 3.76. The number of carbonyl (C=O) groups excluding carboxylic acids is 1. The highest BCUT2D eigenvalue weighted by molar-refractivity contribution is 5.89. The van der Waals surface area contributed by atoms with Gasteiger partial charge >= 0.3 is 5.97 Å². The average Bonchev–Trinajstić information content (AvgIpc) is 3.46. The second-order valence-corrected chi connectivity index (χ2v) is 7.96. The Morgan fingerprint density at radius 3 is 2.90 bits per heavy atom. The van der Waals surface area contributed by atoms with Gasteiger partial charge in [-0.05, 0) is 47.4 Å². The third-order valence-electron chi connectivity index (χ3n) is 6.51. The zero-order chi connectivity index (χ0) is 19.5. The molecule has 1 saturated heterocycles. The molecule has 5 atom stereocenters. The predicted octanol–water partition coefficient (Wildman–Crippen LogP) is 2.86. The van der Waals surface area contributed by atoms with Gasteiger partial charge in [0.05, 0.1) is 17.9 Å². The molecular weight excluding hydrogens is 374 g/mol. The van der Waals surface area contributed by atoms with Gasteiger partial charge in [-0.25, -0.2) is 4.79 Å². The molecule has 0 spiro atoms. The normalized spacial score (nSPS) is 31.1. The van der Waals surface area contributed by atoms with Crippen LogP contribution in [0.5, 0.6) is 11.5 Å². The van der Waals surface area contributed by atoms with Crippen molar-refractivity contribution in [2.45, 2.75) is 37.1 Å². The molecule has 7 nitrogen and oxygen atoms in total. The van der Waals surface area contributed by atoms with Crippen LogP contribution in [-0.2, 0) is 16.0 Å². The molecule has 1 aromatic heterocycles. The number of furan rings is 1. The number of nitrogens with zero attached hydrogens (tertiary/aromatic N) is 1. The predicted molar refractivity (Wildman–Crippen MR) is 101 cm³/mol. The maximum Gasteiger partial charge on any atom is 0.342 e. The second-order valence-electron chi connectivity index (χ2n) is 7.96. The third-order valence-corrected chi connectivity index (χ3v) is 6.51. The molecule has 150 valence electrons. The summed E-state index contributed by atoms with van der Waals surface area (Å²) in [6, 6.07) is 6.13. The molecule has 4 heterocycles. The smallest absolute Gasteiger partial charge is 0.342 e. The topological polar surface area (TPSA) is 70.4 Å². The molecule has 0 saturated carbocycles. The van der Waals surface area contributed by atoms with Gasteiger partial charge in [-0.15, -0.1) is 0 Å². The fraction of sp³-hybridized carbons (Fsp3) is 0.409. The number of rotatable bonds is 3. The van der Waals surface area contributed by atoms with Crippen molar-refractivity contribution < 1.29 is 28.2 Å². The molecule has 4 aliphatic rings. The van der Waals surface area contributed by atoms with Gasteiger partial charge in [0.2, 0.25) is 6.79 Å². The molecule has 29 heavy (non-hydrogen) atoms. The van der Waals surface area contributed by atoms with Gasteiger partial charge in [-0.1, -0.05) is 0 Å². The van der Waals surface area contributed by atoms with Crippen molar-refractivity contribution in [2.75, 3.05) is 20.4 Å². The lowest BCUT2D eigenvalue weighted by molar-refractivity contribution is -0.0317. The van der Waals surface area contributed by atoms with Crippen molar-refractivity contribution in [3.8, 4) is 11.5 Å². The first-order chi connectivity index (χ1) is 14.2. The zero-order valence-corrected chi connectivity index (χ0v) is 16.0. The number of esters is 1. The SMILES string of the molecule is CO[C@H]1C[C@H]2C(=C[C@@H]1OC(=O)c1ccoc1)[C@H]1CN2Cc2cc3c(cc21)OCO3. The number of hydrogen-bond donors (Lipinski definition) is 0. The number of fused-ring (bicyclic) bond motifs is 8. The van der Waals surface area contributed by atoms with Crippen LogP contribution in [0, 0.1) is 0 Å². The van der Waals surface area contributed by atoms with E-state index in [4.69, 9.17) is 23.4 Å². The van der Waals surface area contributed by atoms with Crippen LogP contribution in [0.4, 0.5) is 0 Å². The highest BCUT2D eigenvalue weighted by Gasteiger charge is 2.47. The van der Waals surface area contributed by atoms with Crippen LogP contribution in [0.3, 0.4) is 0 Å². The Bertz CT molecular complexity index is 997. The summed E-state index contributed by atoms with van der Waals surface area (Å²) in [6.07, 6.45) is 5.16. The lowest BCUT2D eigenvalue weighted by atomic mass is 9.82. The standard InChI is InChI=1S/C22H21NO6/c1-25-18-7-17-15(6-21(18)29-22(24)12-2-3-26-10-12)16-9-23(17)8-13-4-19-20(5-14(13)16)28-11-27-19/h2-6,10,16-18,21H,7-9,11H2,1H3/t16-,17-,18-,21-/m0/s1. The molecule has 7 heteroatoms. The van der Waals surface area contributed by atoms with Gasteiger partial charge in [0.1, 0.15) is 12.4 Å². The van der Waals surface area contributed by atoms with Crippen LogP contribution in [-0.4, -0.2) is 49.6 Å². The Balaban J connectivity index is 1.35. The van der Waals surface area contributed by atoms with E-state index in [1.165, 1.54) is 29.2 Å². The fourth-order valence-electron chi connectivity index (χ4n) is 5.12. The largest absolute Gasteiger partial charge is 0.472 e. The monoisotopic (exact) mass is 395 g/mol. The molecular formula is C22H21NO6. The molecule has 1 aromatic carbocycles. The molecule has 0 amide bonds. The summed E-state index contributed by atoms with van der Waals surface area (Å²) in [4.78, 5) is 15.0. The molecule has 3 aliphatic heterocycles. The summed E-state index contributed by atoms with van der Waals surface area (Å²) in [7, 11) is 1.67. The molecule has 6 rings (SSSR count). The molecule has 2 bridgehead atoms. The van der Waals surface area contributed by atoms with E-state index in [-0.39, 0.29) is 24.9 Å². The molecule has 1 unspecified atom stereocenters. The second kappa shape index (κ2) is 6.37. The van der Waals surface area contributed by atoms with E-state index in [0.29, 0.717) is 5.56 Å². The van der Waals surface area contributed by atoms with E-state index in [1.807, 2.05) is 0 Å². The van der Waals surface area contributed by atoms with Gasteiger partial charge in [0.15, 0.2) is 11.5 Å². The van der Waals surface area contributed by atoms with E-state index in [1.54, 1.807) is 13.2 Å². The molecule has 1 fully saturated rings. The Labute approximate surface area is 167 Å². The van der Waals surface area contributed by atoms with E-state index in [2.05, 4.69) is 23.1 Å². The number of hydrogen-bond acceptors (Lipinski definition) is 7. The van der Waals surface area contributed by atoms with Crippen LogP contribution in [0.1, 0.15) is 33.8 Å². The molecule has 0 radical (unpaired) electrons. The van der Waals surface area contributed by atoms with Crippen molar-refractivity contribution >= 4 is 5.97 Å². The highest BCUT2D eigenvalue weighted by atomic mass is 16.7. The van der Waals surface area contributed by atoms with Crippen molar-refractivity contribution in [1.82, 2.24) is 4.90 Å². The first-order valence-corrected chi connectivity index (χ1v) is 9.85. The van der Waals surface area contributed by atoms with E-state index in [0.717, 1.165) is 31.0 Å². The minimum atomic E-state index is -0.424. The Hall–Kier alpha value is -2.77.